The summed E-state index contributed by atoms with van der Waals surface area (Å²) in [5, 5.41) is 0. The number of ether oxygens (including phenoxy) is 2. The first-order valence-electron chi connectivity index (χ1n) is 7.80. The molecule has 6 nitrogen and oxygen atoms in total. The molecule has 2 rings (SSSR count). The van der Waals surface area contributed by atoms with Crippen LogP contribution in [0.2, 0.25) is 0 Å². The van der Waals surface area contributed by atoms with E-state index in [1.54, 1.807) is 37.0 Å². The molecule has 2 amide bonds. The summed E-state index contributed by atoms with van der Waals surface area (Å²) in [4.78, 5) is 28.1. The van der Waals surface area contributed by atoms with E-state index in [9.17, 15) is 9.59 Å². The molecule has 23 heavy (non-hydrogen) atoms. The van der Waals surface area contributed by atoms with E-state index >= 15 is 0 Å². The first-order chi connectivity index (χ1) is 11.0. The molecule has 1 heterocycles. The minimum atomic E-state index is -0.458. The van der Waals surface area contributed by atoms with Crippen LogP contribution in [0.15, 0.2) is 18.2 Å². The Kier molecular flexibility index (Phi) is 5.47. The van der Waals surface area contributed by atoms with Crippen LogP contribution in [-0.2, 0) is 16.1 Å². The predicted molar refractivity (Wildman–Crippen MR) is 86.4 cm³/mol. The maximum Gasteiger partial charge on any atom is 0.245 e. The Hall–Kier alpha value is -2.24. The molecule has 0 spiro atoms. The monoisotopic (exact) mass is 320 g/mol. The number of benzene rings is 1. The van der Waals surface area contributed by atoms with Crippen LogP contribution in [0.3, 0.4) is 0 Å². The van der Waals surface area contributed by atoms with Crippen molar-refractivity contribution in [3.8, 4) is 11.5 Å². The Morgan fingerprint density at radius 2 is 1.74 bits per heavy atom. The lowest BCUT2D eigenvalue weighted by molar-refractivity contribution is -0.155. The molecule has 0 N–H and O–H groups in total. The van der Waals surface area contributed by atoms with Gasteiger partial charge in [0.2, 0.25) is 11.8 Å². The molecule has 6 heteroatoms. The van der Waals surface area contributed by atoms with Crippen LogP contribution in [0.25, 0.3) is 0 Å². The molecule has 0 radical (unpaired) electrons. The lowest BCUT2D eigenvalue weighted by atomic mass is 10.1. The van der Waals surface area contributed by atoms with E-state index in [-0.39, 0.29) is 18.4 Å². The molecule has 0 bridgehead atoms. The molecule has 0 aromatic heterocycles. The fourth-order valence-electron chi connectivity index (χ4n) is 2.78. The Morgan fingerprint density at radius 1 is 1.13 bits per heavy atom. The fourth-order valence-corrected chi connectivity index (χ4v) is 2.78. The van der Waals surface area contributed by atoms with Crippen LogP contribution in [0.1, 0.15) is 25.8 Å². The van der Waals surface area contributed by atoms with Crippen molar-refractivity contribution in [2.24, 2.45) is 0 Å². The number of rotatable bonds is 6. The smallest absolute Gasteiger partial charge is 0.245 e. The zero-order valence-corrected chi connectivity index (χ0v) is 14.2. The molecule has 1 fully saturated rings. The molecule has 126 valence electrons. The molecule has 1 aliphatic rings. The van der Waals surface area contributed by atoms with Gasteiger partial charge in [0, 0.05) is 19.2 Å². The van der Waals surface area contributed by atoms with Crippen molar-refractivity contribution in [2.75, 3.05) is 27.3 Å². The van der Waals surface area contributed by atoms with Crippen LogP contribution < -0.4 is 9.47 Å². The Balaban J connectivity index is 2.19. The standard InChI is InChI=1S/C17H24N2O4/c1-5-6-18-11-16(20)19(12(2)17(18)21)10-13-7-14(22-3)9-15(8-13)23-4/h7-9,12H,5-6,10-11H2,1-4H3/t12-/m0/s1. The average molecular weight is 320 g/mol. The highest BCUT2D eigenvalue weighted by molar-refractivity contribution is 5.94. The quantitative estimate of drug-likeness (QED) is 0.800. The molecule has 1 aromatic carbocycles. The fraction of sp³-hybridized carbons (Fsp3) is 0.529. The number of hydrogen-bond acceptors (Lipinski definition) is 4. The summed E-state index contributed by atoms with van der Waals surface area (Å²) >= 11 is 0. The van der Waals surface area contributed by atoms with Gasteiger partial charge in [0.05, 0.1) is 20.8 Å². The topological polar surface area (TPSA) is 59.1 Å². The van der Waals surface area contributed by atoms with Gasteiger partial charge in [0.1, 0.15) is 17.5 Å². The van der Waals surface area contributed by atoms with Crippen LogP contribution in [0.5, 0.6) is 11.5 Å². The van der Waals surface area contributed by atoms with Gasteiger partial charge >= 0.3 is 0 Å². The zero-order chi connectivity index (χ0) is 17.0. The van der Waals surface area contributed by atoms with Crippen LogP contribution >= 0.6 is 0 Å². The number of hydrogen-bond donors (Lipinski definition) is 0. The van der Waals surface area contributed by atoms with Gasteiger partial charge in [-0.05, 0) is 31.0 Å². The normalized spacial score (nSPS) is 18.3. The van der Waals surface area contributed by atoms with Gasteiger partial charge < -0.3 is 19.3 Å². The third kappa shape index (κ3) is 3.75. The maximum atomic E-state index is 12.4. The van der Waals surface area contributed by atoms with Gasteiger partial charge in [0.25, 0.3) is 0 Å². The zero-order valence-electron chi connectivity index (χ0n) is 14.2. The van der Waals surface area contributed by atoms with Crippen LogP contribution in [-0.4, -0.2) is 55.0 Å². The Bertz CT molecular complexity index is 566. The summed E-state index contributed by atoms with van der Waals surface area (Å²) in [6.07, 6.45) is 0.846. The molecule has 1 aliphatic heterocycles. The van der Waals surface area contributed by atoms with E-state index in [0.29, 0.717) is 24.6 Å². The largest absolute Gasteiger partial charge is 0.497 e. The van der Waals surface area contributed by atoms with E-state index in [1.165, 1.54) is 0 Å². The van der Waals surface area contributed by atoms with E-state index in [2.05, 4.69) is 0 Å². The second-order valence-corrected chi connectivity index (χ2v) is 5.68. The Labute approximate surface area is 137 Å². The lowest BCUT2D eigenvalue weighted by Gasteiger charge is -2.38. The van der Waals surface area contributed by atoms with Crippen molar-refractivity contribution < 1.29 is 19.1 Å². The highest BCUT2D eigenvalue weighted by atomic mass is 16.5. The molecule has 1 atom stereocenters. The van der Waals surface area contributed by atoms with Crippen molar-refractivity contribution in [3.63, 3.8) is 0 Å². The molecule has 0 aliphatic carbocycles. The van der Waals surface area contributed by atoms with Crippen molar-refractivity contribution in [1.82, 2.24) is 9.80 Å². The first-order valence-corrected chi connectivity index (χ1v) is 7.80. The number of piperazine rings is 1. The van der Waals surface area contributed by atoms with E-state index in [4.69, 9.17) is 9.47 Å². The van der Waals surface area contributed by atoms with E-state index in [0.717, 1.165) is 12.0 Å². The van der Waals surface area contributed by atoms with Crippen LogP contribution in [0.4, 0.5) is 0 Å². The highest BCUT2D eigenvalue weighted by Crippen LogP contribution is 2.25. The second kappa shape index (κ2) is 7.35. The number of carbonyl (C=O) groups excluding carboxylic acids is 2. The number of methoxy groups -OCH3 is 2. The number of nitrogens with zero attached hydrogens (tertiary/aromatic N) is 2. The lowest BCUT2D eigenvalue weighted by Crippen LogP contribution is -2.58. The van der Waals surface area contributed by atoms with Gasteiger partial charge in [-0.1, -0.05) is 6.92 Å². The van der Waals surface area contributed by atoms with E-state index < -0.39 is 6.04 Å². The molecule has 1 aromatic rings. The minimum absolute atomic E-state index is 0.00121. The van der Waals surface area contributed by atoms with Crippen molar-refractivity contribution in [1.29, 1.82) is 0 Å². The van der Waals surface area contributed by atoms with Gasteiger partial charge in [-0.15, -0.1) is 0 Å². The number of amides is 2. The third-order valence-corrected chi connectivity index (χ3v) is 4.04. The highest BCUT2D eigenvalue weighted by Gasteiger charge is 2.35. The maximum absolute atomic E-state index is 12.4. The van der Waals surface area contributed by atoms with E-state index in [1.807, 2.05) is 19.1 Å². The van der Waals surface area contributed by atoms with Gasteiger partial charge in [-0.25, -0.2) is 0 Å². The van der Waals surface area contributed by atoms with Crippen LogP contribution in [0, 0.1) is 0 Å². The molecule has 1 saturated heterocycles. The van der Waals surface area contributed by atoms with Crippen molar-refractivity contribution >= 4 is 11.8 Å². The van der Waals surface area contributed by atoms with Crippen molar-refractivity contribution in [2.45, 2.75) is 32.9 Å². The minimum Gasteiger partial charge on any atom is -0.497 e. The summed E-state index contributed by atoms with van der Waals surface area (Å²) in [5.74, 6) is 1.29. The number of carbonyl (C=O) groups is 2. The third-order valence-electron chi connectivity index (χ3n) is 4.04. The second-order valence-electron chi connectivity index (χ2n) is 5.68. The Morgan fingerprint density at radius 3 is 2.26 bits per heavy atom. The molecular formula is C17H24N2O4. The summed E-state index contributed by atoms with van der Waals surface area (Å²) < 4.78 is 10.5. The molecule has 0 unspecified atom stereocenters. The predicted octanol–water partition coefficient (Wildman–Crippen LogP) is 1.67. The average Bonchev–Trinajstić information content (AvgIpc) is 2.56. The summed E-state index contributed by atoms with van der Waals surface area (Å²) in [6, 6.07) is 5.02. The van der Waals surface area contributed by atoms with Crippen molar-refractivity contribution in [3.05, 3.63) is 23.8 Å². The summed E-state index contributed by atoms with van der Waals surface area (Å²) in [6.45, 7) is 4.91. The molecule has 0 saturated carbocycles. The van der Waals surface area contributed by atoms with Gasteiger partial charge in [-0.3, -0.25) is 9.59 Å². The first kappa shape index (κ1) is 17.1. The SMILES string of the molecule is CCCN1CC(=O)N(Cc2cc(OC)cc(OC)c2)[C@@H](C)C1=O. The van der Waals surface area contributed by atoms with Gasteiger partial charge in [-0.2, -0.15) is 0 Å². The van der Waals surface area contributed by atoms with Gasteiger partial charge in [0.15, 0.2) is 0 Å². The molecular weight excluding hydrogens is 296 g/mol. The summed E-state index contributed by atoms with van der Waals surface area (Å²) in [5.41, 5.74) is 0.873. The summed E-state index contributed by atoms with van der Waals surface area (Å²) in [7, 11) is 3.17.